The van der Waals surface area contributed by atoms with Crippen LogP contribution < -0.4 is 10.1 Å². The smallest absolute Gasteiger partial charge is 0.256 e. The van der Waals surface area contributed by atoms with E-state index in [0.29, 0.717) is 12.5 Å². The first kappa shape index (κ1) is 18.8. The molecule has 1 aromatic rings. The van der Waals surface area contributed by atoms with Crippen molar-refractivity contribution in [2.75, 3.05) is 19.0 Å². The Kier molecular flexibility index (Phi) is 6.27. The zero-order chi connectivity index (χ0) is 17.7. The van der Waals surface area contributed by atoms with Crippen molar-refractivity contribution in [1.82, 2.24) is 0 Å². The van der Waals surface area contributed by atoms with Crippen molar-refractivity contribution < 1.29 is 14.3 Å². The van der Waals surface area contributed by atoms with Crippen molar-refractivity contribution in [3.63, 3.8) is 0 Å². The molecule has 0 heterocycles. The van der Waals surface area contributed by atoms with Crippen molar-refractivity contribution in [3.8, 4) is 5.75 Å². The van der Waals surface area contributed by atoms with Crippen LogP contribution in [0, 0.1) is 19.8 Å². The van der Waals surface area contributed by atoms with Gasteiger partial charge in [0.1, 0.15) is 11.4 Å². The van der Waals surface area contributed by atoms with E-state index in [1.165, 1.54) is 6.42 Å². The fourth-order valence-corrected chi connectivity index (χ4v) is 3.79. The second-order valence-electron chi connectivity index (χ2n) is 7.14. The molecule has 0 saturated heterocycles. The van der Waals surface area contributed by atoms with E-state index >= 15 is 0 Å². The highest BCUT2D eigenvalue weighted by Crippen LogP contribution is 2.37. The summed E-state index contributed by atoms with van der Waals surface area (Å²) in [5.74, 6) is 1.38. The summed E-state index contributed by atoms with van der Waals surface area (Å²) in [7, 11) is 1.67. The van der Waals surface area contributed by atoms with Gasteiger partial charge in [-0.15, -0.1) is 0 Å². The van der Waals surface area contributed by atoms with E-state index in [4.69, 9.17) is 9.47 Å². The topological polar surface area (TPSA) is 47.6 Å². The number of anilines is 1. The first-order valence-corrected chi connectivity index (χ1v) is 9.02. The van der Waals surface area contributed by atoms with Gasteiger partial charge < -0.3 is 14.8 Å². The third-order valence-corrected chi connectivity index (χ3v) is 4.87. The maximum atomic E-state index is 13.1. The van der Waals surface area contributed by atoms with Gasteiger partial charge in [0.2, 0.25) is 0 Å². The number of nitrogens with one attached hydrogen (secondary N) is 1. The SMILES string of the molecule is CCCOC1(C(=O)Nc2cc(C)c(OC)c(C)c2)CCCC(C)C1. The van der Waals surface area contributed by atoms with Gasteiger partial charge in [0.05, 0.1) is 7.11 Å². The fourth-order valence-electron chi connectivity index (χ4n) is 3.79. The number of hydrogen-bond acceptors (Lipinski definition) is 3. The van der Waals surface area contributed by atoms with Crippen LogP contribution in [0.25, 0.3) is 0 Å². The van der Waals surface area contributed by atoms with Gasteiger partial charge in [0.15, 0.2) is 0 Å². The number of rotatable bonds is 6. The summed E-state index contributed by atoms with van der Waals surface area (Å²) >= 11 is 0. The average Bonchev–Trinajstić information content (AvgIpc) is 2.52. The van der Waals surface area contributed by atoms with Crippen LogP contribution in [0.2, 0.25) is 0 Å². The van der Waals surface area contributed by atoms with Crippen LogP contribution in [0.4, 0.5) is 5.69 Å². The number of aryl methyl sites for hydroxylation is 2. The molecule has 0 spiro atoms. The highest BCUT2D eigenvalue weighted by atomic mass is 16.5. The molecular formula is C20H31NO3. The molecule has 134 valence electrons. The van der Waals surface area contributed by atoms with Crippen LogP contribution in [-0.4, -0.2) is 25.2 Å². The van der Waals surface area contributed by atoms with Crippen molar-refractivity contribution in [3.05, 3.63) is 23.3 Å². The Morgan fingerprint density at radius 3 is 2.54 bits per heavy atom. The van der Waals surface area contributed by atoms with Crippen LogP contribution in [0.15, 0.2) is 12.1 Å². The third-order valence-electron chi connectivity index (χ3n) is 4.87. The molecule has 1 aliphatic carbocycles. The standard InChI is InChI=1S/C20H31NO3/c1-6-10-24-20(9-7-8-14(2)13-20)19(22)21-17-11-15(3)18(23-5)16(4)12-17/h11-12,14H,6-10,13H2,1-5H3,(H,21,22). The second-order valence-corrected chi connectivity index (χ2v) is 7.14. The first-order chi connectivity index (χ1) is 11.4. The fraction of sp³-hybridized carbons (Fsp3) is 0.650. The summed E-state index contributed by atoms with van der Waals surface area (Å²) in [6.07, 6.45) is 4.73. The summed E-state index contributed by atoms with van der Waals surface area (Å²) < 4.78 is 11.5. The molecule has 1 amide bonds. The molecule has 2 unspecified atom stereocenters. The normalized spacial score (nSPS) is 23.8. The third kappa shape index (κ3) is 4.10. The lowest BCUT2D eigenvalue weighted by atomic mass is 9.78. The van der Waals surface area contributed by atoms with Crippen molar-refractivity contribution in [1.29, 1.82) is 0 Å². The molecule has 0 aromatic heterocycles. The van der Waals surface area contributed by atoms with Crippen LogP contribution in [0.3, 0.4) is 0 Å². The first-order valence-electron chi connectivity index (χ1n) is 9.02. The van der Waals surface area contributed by atoms with E-state index in [1.54, 1.807) is 7.11 Å². The minimum Gasteiger partial charge on any atom is -0.496 e. The highest BCUT2D eigenvalue weighted by Gasteiger charge is 2.42. The Bertz CT molecular complexity index is 561. The molecule has 0 bridgehead atoms. The van der Waals surface area contributed by atoms with Crippen molar-refractivity contribution in [2.24, 2.45) is 5.92 Å². The van der Waals surface area contributed by atoms with Crippen LogP contribution in [-0.2, 0) is 9.53 Å². The number of amides is 1. The summed E-state index contributed by atoms with van der Waals surface area (Å²) in [5, 5.41) is 3.10. The van der Waals surface area contributed by atoms with Crippen molar-refractivity contribution in [2.45, 2.75) is 65.4 Å². The molecule has 1 aromatic carbocycles. The molecule has 24 heavy (non-hydrogen) atoms. The number of methoxy groups -OCH3 is 1. The van der Waals surface area contributed by atoms with Crippen LogP contribution in [0.5, 0.6) is 5.75 Å². The molecule has 1 fully saturated rings. The summed E-state index contributed by atoms with van der Waals surface area (Å²) in [6.45, 7) is 8.90. The molecule has 1 N–H and O–H groups in total. The molecule has 0 aliphatic heterocycles. The second kappa shape index (κ2) is 8.02. The number of carbonyl (C=O) groups is 1. The monoisotopic (exact) mass is 333 g/mol. The summed E-state index contributed by atoms with van der Waals surface area (Å²) in [6, 6.07) is 3.92. The van der Waals surface area contributed by atoms with E-state index in [-0.39, 0.29) is 5.91 Å². The predicted octanol–water partition coefficient (Wildman–Crippen LogP) is 4.63. The Morgan fingerprint density at radius 2 is 2.00 bits per heavy atom. The lowest BCUT2D eigenvalue weighted by Gasteiger charge is -2.38. The quantitative estimate of drug-likeness (QED) is 0.826. The number of benzene rings is 1. The van der Waals surface area contributed by atoms with E-state index < -0.39 is 5.60 Å². The van der Waals surface area contributed by atoms with E-state index in [1.807, 2.05) is 26.0 Å². The summed E-state index contributed by atoms with van der Waals surface area (Å²) in [5.41, 5.74) is 2.17. The van der Waals surface area contributed by atoms with E-state index in [9.17, 15) is 4.79 Å². The number of hydrogen-bond donors (Lipinski definition) is 1. The zero-order valence-corrected chi connectivity index (χ0v) is 15.7. The lowest BCUT2D eigenvalue weighted by Crippen LogP contribution is -2.48. The largest absolute Gasteiger partial charge is 0.496 e. The molecular weight excluding hydrogens is 302 g/mol. The number of carbonyl (C=O) groups excluding carboxylic acids is 1. The summed E-state index contributed by atoms with van der Waals surface area (Å²) in [4.78, 5) is 13.1. The Balaban J connectivity index is 2.21. The predicted molar refractivity (Wildman–Crippen MR) is 97.7 cm³/mol. The van der Waals surface area contributed by atoms with E-state index in [2.05, 4.69) is 19.2 Å². The molecule has 1 aliphatic rings. The molecule has 4 heteroatoms. The molecule has 2 rings (SSSR count). The van der Waals surface area contributed by atoms with Gasteiger partial charge in [-0.25, -0.2) is 0 Å². The van der Waals surface area contributed by atoms with Gasteiger partial charge in [0, 0.05) is 12.3 Å². The maximum absolute atomic E-state index is 13.1. The van der Waals surface area contributed by atoms with Crippen molar-refractivity contribution >= 4 is 11.6 Å². The highest BCUT2D eigenvalue weighted by molar-refractivity contribution is 5.97. The number of ether oxygens (including phenoxy) is 2. The minimum atomic E-state index is -0.685. The Labute approximate surface area is 145 Å². The Hall–Kier alpha value is -1.55. The van der Waals surface area contributed by atoms with Gasteiger partial charge in [-0.2, -0.15) is 0 Å². The maximum Gasteiger partial charge on any atom is 0.256 e. The van der Waals surface area contributed by atoms with E-state index in [0.717, 1.165) is 48.2 Å². The molecule has 2 atom stereocenters. The van der Waals surface area contributed by atoms with Gasteiger partial charge in [-0.05, 0) is 68.7 Å². The Morgan fingerprint density at radius 1 is 1.33 bits per heavy atom. The van der Waals surface area contributed by atoms with Crippen LogP contribution >= 0.6 is 0 Å². The zero-order valence-electron chi connectivity index (χ0n) is 15.7. The average molecular weight is 333 g/mol. The van der Waals surface area contributed by atoms with Gasteiger partial charge >= 0.3 is 0 Å². The van der Waals surface area contributed by atoms with Gasteiger partial charge in [-0.3, -0.25) is 4.79 Å². The van der Waals surface area contributed by atoms with Crippen LogP contribution in [0.1, 0.15) is 57.1 Å². The van der Waals surface area contributed by atoms with Gasteiger partial charge in [0.25, 0.3) is 5.91 Å². The molecule has 4 nitrogen and oxygen atoms in total. The minimum absolute atomic E-state index is 0.00790. The lowest BCUT2D eigenvalue weighted by molar-refractivity contribution is -0.148. The molecule has 0 radical (unpaired) electrons. The van der Waals surface area contributed by atoms with Gasteiger partial charge in [-0.1, -0.05) is 20.3 Å². The molecule has 1 saturated carbocycles.